The lowest BCUT2D eigenvalue weighted by atomic mass is 9.82. The molecule has 0 radical (unpaired) electrons. The fourth-order valence-electron chi connectivity index (χ4n) is 2.33. The number of hydrogen-bond acceptors (Lipinski definition) is 1. The van der Waals surface area contributed by atoms with Gasteiger partial charge in [-0.25, -0.2) is 0 Å². The monoisotopic (exact) mass is 154 g/mol. The zero-order valence-corrected chi connectivity index (χ0v) is 7.27. The van der Waals surface area contributed by atoms with Crippen LogP contribution in [0.3, 0.4) is 0 Å². The third-order valence-corrected chi connectivity index (χ3v) is 3.23. The summed E-state index contributed by atoms with van der Waals surface area (Å²) in [5.74, 6) is 0. The molecule has 0 amide bonds. The second kappa shape index (κ2) is 3.14. The summed E-state index contributed by atoms with van der Waals surface area (Å²) in [6.45, 7) is 1.03. The van der Waals surface area contributed by atoms with Gasteiger partial charge < -0.3 is 4.74 Å². The highest BCUT2D eigenvalue weighted by Crippen LogP contribution is 2.38. The zero-order chi connectivity index (χ0) is 7.57. The summed E-state index contributed by atoms with van der Waals surface area (Å²) in [6, 6.07) is 0. The molecule has 0 N–H and O–H groups in total. The van der Waals surface area contributed by atoms with Crippen LogP contribution in [0.2, 0.25) is 0 Å². The first-order valence-corrected chi connectivity index (χ1v) is 5.05. The molecule has 0 aromatic rings. The van der Waals surface area contributed by atoms with E-state index < -0.39 is 0 Å². The molecule has 11 heavy (non-hydrogen) atoms. The van der Waals surface area contributed by atoms with E-state index in [0.717, 1.165) is 6.61 Å². The molecular formula is C10H18O. The van der Waals surface area contributed by atoms with Crippen LogP contribution in [0.25, 0.3) is 0 Å². The molecule has 0 aromatic heterocycles. The van der Waals surface area contributed by atoms with Gasteiger partial charge in [0.15, 0.2) is 0 Å². The van der Waals surface area contributed by atoms with Crippen molar-refractivity contribution in [2.45, 2.75) is 57.0 Å². The highest BCUT2D eigenvalue weighted by Gasteiger charge is 2.37. The van der Waals surface area contributed by atoms with E-state index in [1.165, 1.54) is 51.4 Å². The van der Waals surface area contributed by atoms with Gasteiger partial charge in [0.25, 0.3) is 0 Å². The summed E-state index contributed by atoms with van der Waals surface area (Å²) in [7, 11) is 0. The molecule has 1 heteroatoms. The molecule has 0 atom stereocenters. The Kier molecular flexibility index (Phi) is 2.17. The molecule has 64 valence electrons. The van der Waals surface area contributed by atoms with Gasteiger partial charge >= 0.3 is 0 Å². The average Bonchev–Trinajstić information content (AvgIpc) is 1.82. The lowest BCUT2D eigenvalue weighted by molar-refractivity contribution is -0.159. The Balaban J connectivity index is 1.86. The van der Waals surface area contributed by atoms with E-state index in [-0.39, 0.29) is 0 Å². The summed E-state index contributed by atoms with van der Waals surface area (Å²) in [5.41, 5.74) is 0.375. The van der Waals surface area contributed by atoms with Crippen LogP contribution in [0.1, 0.15) is 51.4 Å². The fraction of sp³-hybridized carbons (Fsp3) is 1.00. The highest BCUT2D eigenvalue weighted by atomic mass is 16.5. The lowest BCUT2D eigenvalue weighted by Gasteiger charge is -2.43. The smallest absolute Gasteiger partial charge is 0.0704 e. The molecule has 0 unspecified atom stereocenters. The first kappa shape index (κ1) is 7.60. The predicted octanol–water partition coefficient (Wildman–Crippen LogP) is 2.89. The summed E-state index contributed by atoms with van der Waals surface area (Å²) in [5, 5.41) is 0. The van der Waals surface area contributed by atoms with Crippen LogP contribution in [-0.4, -0.2) is 12.2 Å². The number of rotatable bonds is 0. The summed E-state index contributed by atoms with van der Waals surface area (Å²) in [6.07, 6.45) is 11.2. The van der Waals surface area contributed by atoms with Crippen LogP contribution < -0.4 is 0 Å². The van der Waals surface area contributed by atoms with Crippen molar-refractivity contribution in [2.75, 3.05) is 6.61 Å². The summed E-state index contributed by atoms with van der Waals surface area (Å²) >= 11 is 0. The van der Waals surface area contributed by atoms with Crippen LogP contribution in [0.4, 0.5) is 0 Å². The van der Waals surface area contributed by atoms with Gasteiger partial charge in [-0.2, -0.15) is 0 Å². The molecule has 0 aromatic carbocycles. The maximum atomic E-state index is 5.69. The molecule has 1 heterocycles. The topological polar surface area (TPSA) is 9.23 Å². The lowest BCUT2D eigenvalue weighted by Crippen LogP contribution is -2.43. The van der Waals surface area contributed by atoms with Gasteiger partial charge in [-0.15, -0.1) is 0 Å². The van der Waals surface area contributed by atoms with Crippen molar-refractivity contribution < 1.29 is 4.74 Å². The van der Waals surface area contributed by atoms with Gasteiger partial charge in [0, 0.05) is 0 Å². The van der Waals surface area contributed by atoms with E-state index in [0.29, 0.717) is 5.60 Å². The van der Waals surface area contributed by atoms with E-state index >= 15 is 0 Å². The van der Waals surface area contributed by atoms with Crippen LogP contribution in [-0.2, 0) is 4.74 Å². The largest absolute Gasteiger partial charge is 0.375 e. The third kappa shape index (κ3) is 1.58. The molecule has 2 fully saturated rings. The Morgan fingerprint density at radius 3 is 1.73 bits per heavy atom. The van der Waals surface area contributed by atoms with Crippen molar-refractivity contribution in [3.05, 3.63) is 0 Å². The Morgan fingerprint density at radius 1 is 0.727 bits per heavy atom. The van der Waals surface area contributed by atoms with Crippen molar-refractivity contribution in [1.82, 2.24) is 0 Å². The molecule has 1 saturated carbocycles. The Hall–Kier alpha value is -0.0400. The highest BCUT2D eigenvalue weighted by molar-refractivity contribution is 4.88. The molecule has 0 bridgehead atoms. The van der Waals surface area contributed by atoms with E-state index in [4.69, 9.17) is 4.74 Å². The molecule has 1 spiro atoms. The summed E-state index contributed by atoms with van der Waals surface area (Å²) < 4.78 is 5.69. The minimum atomic E-state index is 0.375. The van der Waals surface area contributed by atoms with E-state index in [9.17, 15) is 0 Å². The maximum Gasteiger partial charge on any atom is 0.0704 e. The van der Waals surface area contributed by atoms with E-state index in [1.54, 1.807) is 0 Å². The average molecular weight is 154 g/mol. The van der Waals surface area contributed by atoms with Crippen molar-refractivity contribution in [3.63, 3.8) is 0 Å². The molecule has 2 rings (SSSR count). The molecular weight excluding hydrogens is 136 g/mol. The fourth-order valence-corrected chi connectivity index (χ4v) is 2.33. The van der Waals surface area contributed by atoms with Crippen molar-refractivity contribution >= 4 is 0 Å². The molecule has 1 aliphatic carbocycles. The van der Waals surface area contributed by atoms with Crippen LogP contribution in [0.15, 0.2) is 0 Å². The molecule has 1 saturated heterocycles. The molecule has 1 aliphatic heterocycles. The Bertz CT molecular complexity index is 117. The third-order valence-electron chi connectivity index (χ3n) is 3.23. The van der Waals surface area contributed by atoms with Crippen LogP contribution in [0, 0.1) is 0 Å². The first-order chi connectivity index (χ1) is 5.41. The normalized spacial score (nSPS) is 30.5. The Labute approximate surface area is 69.1 Å². The van der Waals surface area contributed by atoms with Crippen molar-refractivity contribution in [1.29, 1.82) is 0 Å². The standard InChI is InChI=1S/C10H18O/c1-2-4-6-10(7-5-3-1)8-9-11-10/h1-9H2. The number of hydrogen-bond donors (Lipinski definition) is 0. The minimum absolute atomic E-state index is 0.375. The van der Waals surface area contributed by atoms with Crippen molar-refractivity contribution in [2.24, 2.45) is 0 Å². The van der Waals surface area contributed by atoms with Gasteiger partial charge in [-0.3, -0.25) is 0 Å². The van der Waals surface area contributed by atoms with Crippen LogP contribution >= 0.6 is 0 Å². The second-order valence-electron chi connectivity index (χ2n) is 4.05. The second-order valence-corrected chi connectivity index (χ2v) is 4.05. The van der Waals surface area contributed by atoms with E-state index in [1.807, 2.05) is 0 Å². The quantitative estimate of drug-likeness (QED) is 0.521. The number of ether oxygens (including phenoxy) is 1. The SMILES string of the molecule is C1CCCC2(CCC1)CCO2. The summed E-state index contributed by atoms with van der Waals surface area (Å²) in [4.78, 5) is 0. The van der Waals surface area contributed by atoms with Gasteiger partial charge in [0.2, 0.25) is 0 Å². The van der Waals surface area contributed by atoms with Crippen LogP contribution in [0.5, 0.6) is 0 Å². The van der Waals surface area contributed by atoms with Crippen molar-refractivity contribution in [3.8, 4) is 0 Å². The minimum Gasteiger partial charge on any atom is -0.375 e. The first-order valence-electron chi connectivity index (χ1n) is 5.05. The van der Waals surface area contributed by atoms with Gasteiger partial charge in [-0.05, 0) is 19.3 Å². The molecule has 2 aliphatic rings. The predicted molar refractivity (Wildman–Crippen MR) is 45.6 cm³/mol. The molecule has 1 nitrogen and oxygen atoms in total. The van der Waals surface area contributed by atoms with Gasteiger partial charge in [0.05, 0.1) is 12.2 Å². The van der Waals surface area contributed by atoms with Gasteiger partial charge in [-0.1, -0.05) is 32.1 Å². The van der Waals surface area contributed by atoms with E-state index in [2.05, 4.69) is 0 Å². The Morgan fingerprint density at radius 2 is 1.27 bits per heavy atom. The maximum absolute atomic E-state index is 5.69. The zero-order valence-electron chi connectivity index (χ0n) is 7.27. The van der Waals surface area contributed by atoms with Gasteiger partial charge in [0.1, 0.15) is 0 Å².